The molecule has 0 saturated carbocycles. The number of anilines is 1. The summed E-state index contributed by atoms with van der Waals surface area (Å²) in [4.78, 5) is 6.88. The van der Waals surface area contributed by atoms with Gasteiger partial charge in [-0.15, -0.1) is 0 Å². The van der Waals surface area contributed by atoms with E-state index in [9.17, 15) is 0 Å². The van der Waals surface area contributed by atoms with Gasteiger partial charge in [0.2, 0.25) is 5.95 Å². The van der Waals surface area contributed by atoms with Crippen LogP contribution < -0.4 is 4.90 Å². The molecule has 0 spiro atoms. The van der Waals surface area contributed by atoms with Gasteiger partial charge < -0.3 is 18.9 Å². The molecule has 0 aliphatic rings. The molecule has 0 fully saturated rings. The van der Waals surface area contributed by atoms with Crippen molar-refractivity contribution in [2.24, 2.45) is 7.05 Å². The van der Waals surface area contributed by atoms with Crippen molar-refractivity contribution in [2.75, 3.05) is 45.4 Å². The van der Waals surface area contributed by atoms with E-state index in [1.165, 1.54) is 0 Å². The molecule has 0 amide bonds. The van der Waals surface area contributed by atoms with E-state index >= 15 is 0 Å². The molecule has 104 valence electrons. The molecule has 0 atom stereocenters. The van der Waals surface area contributed by atoms with Gasteiger partial charge in [-0.1, -0.05) is 12.1 Å². The second-order valence-electron chi connectivity index (χ2n) is 4.43. The van der Waals surface area contributed by atoms with E-state index < -0.39 is 0 Å². The van der Waals surface area contributed by atoms with Gasteiger partial charge in [0.15, 0.2) is 0 Å². The smallest absolute Gasteiger partial charge is 0.206 e. The van der Waals surface area contributed by atoms with Crippen LogP contribution in [-0.2, 0) is 16.5 Å². The van der Waals surface area contributed by atoms with Crippen LogP contribution in [0.3, 0.4) is 0 Å². The molecule has 0 aliphatic heterocycles. The van der Waals surface area contributed by atoms with Crippen LogP contribution in [0.1, 0.15) is 0 Å². The third-order valence-electron chi connectivity index (χ3n) is 3.18. The predicted octanol–water partition coefficient (Wildman–Crippen LogP) is 1.67. The Morgan fingerprint density at radius 1 is 1.11 bits per heavy atom. The molecule has 0 aliphatic carbocycles. The van der Waals surface area contributed by atoms with Gasteiger partial charge in [0.05, 0.1) is 24.2 Å². The van der Waals surface area contributed by atoms with Crippen LogP contribution in [0.25, 0.3) is 11.0 Å². The van der Waals surface area contributed by atoms with E-state index in [1.807, 2.05) is 25.2 Å². The van der Waals surface area contributed by atoms with E-state index in [4.69, 9.17) is 14.5 Å². The summed E-state index contributed by atoms with van der Waals surface area (Å²) in [6.45, 7) is 2.95. The number of rotatable bonds is 7. The molecule has 0 saturated heterocycles. The second-order valence-corrected chi connectivity index (χ2v) is 4.43. The standard InChI is InChI=1S/C14H21N3O2/c1-16-13-7-5-4-6-12(13)15-14(16)17(8-10-18-2)9-11-19-3/h4-7H,8-11H2,1-3H3. The Balaban J connectivity index is 2.29. The van der Waals surface area contributed by atoms with Crippen molar-refractivity contribution in [3.05, 3.63) is 24.3 Å². The van der Waals surface area contributed by atoms with Crippen molar-refractivity contribution < 1.29 is 9.47 Å². The summed E-state index contributed by atoms with van der Waals surface area (Å²) in [5.74, 6) is 0.954. The van der Waals surface area contributed by atoms with Gasteiger partial charge in [0, 0.05) is 34.4 Å². The summed E-state index contributed by atoms with van der Waals surface area (Å²) in [7, 11) is 5.46. The molecule has 0 unspecified atom stereocenters. The number of hydrogen-bond donors (Lipinski definition) is 0. The third kappa shape index (κ3) is 3.05. The first-order valence-electron chi connectivity index (χ1n) is 6.42. The largest absolute Gasteiger partial charge is 0.383 e. The van der Waals surface area contributed by atoms with Crippen molar-refractivity contribution >= 4 is 17.0 Å². The minimum atomic E-state index is 0.674. The number of imidazole rings is 1. The van der Waals surface area contributed by atoms with Crippen LogP contribution in [0, 0.1) is 0 Å². The summed E-state index contributed by atoms with van der Waals surface area (Å²) in [5.41, 5.74) is 2.15. The predicted molar refractivity (Wildman–Crippen MR) is 76.7 cm³/mol. The average Bonchev–Trinajstić information content (AvgIpc) is 2.77. The van der Waals surface area contributed by atoms with Gasteiger partial charge in [0.1, 0.15) is 0 Å². The lowest BCUT2D eigenvalue weighted by molar-refractivity contribution is 0.189. The zero-order valence-electron chi connectivity index (χ0n) is 11.8. The molecule has 5 nitrogen and oxygen atoms in total. The number of hydrogen-bond acceptors (Lipinski definition) is 4. The zero-order valence-corrected chi connectivity index (χ0v) is 11.8. The molecule has 1 heterocycles. The Morgan fingerprint density at radius 3 is 2.32 bits per heavy atom. The zero-order chi connectivity index (χ0) is 13.7. The molecule has 1 aromatic carbocycles. The van der Waals surface area contributed by atoms with Crippen LogP contribution in [0.2, 0.25) is 0 Å². The van der Waals surface area contributed by atoms with Gasteiger partial charge in [0.25, 0.3) is 0 Å². The van der Waals surface area contributed by atoms with Crippen LogP contribution in [0.15, 0.2) is 24.3 Å². The normalized spacial score (nSPS) is 11.1. The maximum atomic E-state index is 5.17. The van der Waals surface area contributed by atoms with Gasteiger partial charge in [-0.3, -0.25) is 0 Å². The quantitative estimate of drug-likeness (QED) is 0.762. The number of methoxy groups -OCH3 is 2. The van der Waals surface area contributed by atoms with Gasteiger partial charge >= 0.3 is 0 Å². The topological polar surface area (TPSA) is 39.5 Å². The molecule has 5 heteroatoms. The van der Waals surface area contributed by atoms with E-state index in [0.29, 0.717) is 13.2 Å². The van der Waals surface area contributed by atoms with Crippen molar-refractivity contribution in [3.63, 3.8) is 0 Å². The maximum Gasteiger partial charge on any atom is 0.206 e. The Morgan fingerprint density at radius 2 is 1.74 bits per heavy atom. The molecule has 2 aromatic rings. The SMILES string of the molecule is COCCN(CCOC)c1nc2ccccc2n1C. The fourth-order valence-electron chi connectivity index (χ4n) is 2.13. The van der Waals surface area contributed by atoms with Crippen molar-refractivity contribution in [2.45, 2.75) is 0 Å². The Hall–Kier alpha value is -1.59. The first kappa shape index (κ1) is 13.8. The lowest BCUT2D eigenvalue weighted by Crippen LogP contribution is -2.32. The van der Waals surface area contributed by atoms with E-state index in [1.54, 1.807) is 14.2 Å². The molecule has 0 N–H and O–H groups in total. The van der Waals surface area contributed by atoms with Crippen molar-refractivity contribution in [3.8, 4) is 0 Å². The molecule has 2 rings (SSSR count). The first-order valence-corrected chi connectivity index (χ1v) is 6.42. The molecule has 0 bridgehead atoms. The summed E-state index contributed by atoms with van der Waals surface area (Å²) < 4.78 is 12.4. The van der Waals surface area contributed by atoms with E-state index in [-0.39, 0.29) is 0 Å². The van der Waals surface area contributed by atoms with Crippen molar-refractivity contribution in [1.82, 2.24) is 9.55 Å². The van der Waals surface area contributed by atoms with Gasteiger partial charge in [-0.25, -0.2) is 4.98 Å². The summed E-state index contributed by atoms with van der Waals surface area (Å²) in [6, 6.07) is 8.15. The van der Waals surface area contributed by atoms with E-state index in [2.05, 4.69) is 15.5 Å². The number of para-hydroxylation sites is 2. The number of nitrogens with zero attached hydrogens (tertiary/aromatic N) is 3. The number of benzene rings is 1. The number of ether oxygens (including phenoxy) is 2. The Labute approximate surface area is 113 Å². The summed E-state index contributed by atoms with van der Waals surface area (Å²) >= 11 is 0. The fraction of sp³-hybridized carbons (Fsp3) is 0.500. The van der Waals surface area contributed by atoms with Crippen molar-refractivity contribution in [1.29, 1.82) is 0 Å². The minimum absolute atomic E-state index is 0.674. The number of aryl methyl sites for hydroxylation is 1. The number of fused-ring (bicyclic) bond motifs is 1. The third-order valence-corrected chi connectivity index (χ3v) is 3.18. The molecule has 19 heavy (non-hydrogen) atoms. The number of aromatic nitrogens is 2. The molecule has 1 aromatic heterocycles. The van der Waals surface area contributed by atoms with Crippen LogP contribution in [0.5, 0.6) is 0 Å². The Kier molecular flexibility index (Phi) is 4.76. The summed E-state index contributed by atoms with van der Waals surface area (Å²) in [5, 5.41) is 0. The highest BCUT2D eigenvalue weighted by Crippen LogP contribution is 2.20. The summed E-state index contributed by atoms with van der Waals surface area (Å²) in [6.07, 6.45) is 0. The van der Waals surface area contributed by atoms with Crippen LogP contribution in [-0.4, -0.2) is 50.1 Å². The van der Waals surface area contributed by atoms with Crippen LogP contribution >= 0.6 is 0 Å². The molecule has 0 radical (unpaired) electrons. The van der Waals surface area contributed by atoms with Gasteiger partial charge in [-0.05, 0) is 12.1 Å². The lowest BCUT2D eigenvalue weighted by Gasteiger charge is -2.22. The molecular formula is C14H21N3O2. The van der Waals surface area contributed by atoms with Crippen LogP contribution in [0.4, 0.5) is 5.95 Å². The van der Waals surface area contributed by atoms with E-state index in [0.717, 1.165) is 30.1 Å². The minimum Gasteiger partial charge on any atom is -0.383 e. The lowest BCUT2D eigenvalue weighted by atomic mass is 10.3. The highest BCUT2D eigenvalue weighted by molar-refractivity contribution is 5.78. The van der Waals surface area contributed by atoms with Gasteiger partial charge in [-0.2, -0.15) is 0 Å². The Bertz CT molecular complexity index is 516. The highest BCUT2D eigenvalue weighted by atomic mass is 16.5. The average molecular weight is 263 g/mol. The monoisotopic (exact) mass is 263 g/mol. The second kappa shape index (κ2) is 6.54. The maximum absolute atomic E-state index is 5.17. The fourth-order valence-corrected chi connectivity index (χ4v) is 2.13. The molecular weight excluding hydrogens is 242 g/mol. The first-order chi connectivity index (χ1) is 9.27. The highest BCUT2D eigenvalue weighted by Gasteiger charge is 2.14.